The summed E-state index contributed by atoms with van der Waals surface area (Å²) in [5.74, 6) is -0.170. The predicted octanol–water partition coefficient (Wildman–Crippen LogP) is 4.11. The Labute approximate surface area is 149 Å². The Balaban J connectivity index is 1.57. The van der Waals surface area contributed by atoms with E-state index in [0.717, 1.165) is 36.3 Å². The Morgan fingerprint density at radius 2 is 1.65 bits per heavy atom. The third kappa shape index (κ3) is 4.00. The quantitative estimate of drug-likeness (QED) is 0.773. The van der Waals surface area contributed by atoms with Gasteiger partial charge >= 0.3 is 0 Å². The Kier molecular flexibility index (Phi) is 5.13. The van der Waals surface area contributed by atoms with Crippen molar-refractivity contribution in [3.8, 4) is 0 Å². The monoisotopic (exact) mass is 393 g/mol. The van der Waals surface area contributed by atoms with Crippen molar-refractivity contribution in [3.05, 3.63) is 58.8 Å². The average Bonchev–Trinajstić information content (AvgIpc) is 2.57. The molecule has 3 rings (SSSR count). The van der Waals surface area contributed by atoms with Crippen molar-refractivity contribution < 1.29 is 4.39 Å². The molecule has 1 N–H and O–H groups in total. The number of rotatable bonds is 2. The third-order valence-electron chi connectivity index (χ3n) is 3.86. The molecule has 1 aliphatic heterocycles. The maximum absolute atomic E-state index is 13.9. The van der Waals surface area contributed by atoms with Crippen LogP contribution < -0.4 is 10.2 Å². The summed E-state index contributed by atoms with van der Waals surface area (Å²) < 4.78 is 14.9. The van der Waals surface area contributed by atoms with Gasteiger partial charge in [-0.1, -0.05) is 28.1 Å². The average molecular weight is 394 g/mol. The van der Waals surface area contributed by atoms with Gasteiger partial charge in [0.25, 0.3) is 0 Å². The molecule has 2 aromatic rings. The summed E-state index contributed by atoms with van der Waals surface area (Å²) in [4.78, 5) is 4.18. The van der Waals surface area contributed by atoms with Gasteiger partial charge in [0.15, 0.2) is 5.11 Å². The fourth-order valence-electron chi connectivity index (χ4n) is 2.59. The van der Waals surface area contributed by atoms with Crippen molar-refractivity contribution in [2.45, 2.75) is 0 Å². The lowest BCUT2D eigenvalue weighted by molar-refractivity contribution is 0.388. The predicted molar refractivity (Wildman–Crippen MR) is 101 cm³/mol. The lowest BCUT2D eigenvalue weighted by Crippen LogP contribution is -2.50. The Morgan fingerprint density at radius 1 is 1.00 bits per heavy atom. The van der Waals surface area contributed by atoms with E-state index in [1.54, 1.807) is 6.07 Å². The van der Waals surface area contributed by atoms with Crippen LogP contribution in [0.5, 0.6) is 0 Å². The molecule has 0 aliphatic carbocycles. The molecule has 0 aromatic heterocycles. The van der Waals surface area contributed by atoms with Gasteiger partial charge in [-0.05, 0) is 48.6 Å². The van der Waals surface area contributed by atoms with Gasteiger partial charge in [0, 0.05) is 36.3 Å². The second-order valence-corrected chi connectivity index (χ2v) is 6.66. The first-order valence-corrected chi connectivity index (χ1v) is 8.64. The fourth-order valence-corrected chi connectivity index (χ4v) is 3.16. The van der Waals surface area contributed by atoms with Crippen LogP contribution in [-0.4, -0.2) is 36.2 Å². The van der Waals surface area contributed by atoms with Crippen molar-refractivity contribution in [1.82, 2.24) is 4.90 Å². The molecule has 0 radical (unpaired) electrons. The van der Waals surface area contributed by atoms with E-state index in [1.807, 2.05) is 36.4 Å². The van der Waals surface area contributed by atoms with Crippen molar-refractivity contribution in [2.75, 3.05) is 36.4 Å². The van der Waals surface area contributed by atoms with Gasteiger partial charge in [-0.25, -0.2) is 4.39 Å². The Hall–Kier alpha value is -1.66. The Bertz CT molecular complexity index is 684. The van der Waals surface area contributed by atoms with E-state index in [4.69, 9.17) is 12.2 Å². The number of hydrogen-bond donors (Lipinski definition) is 1. The SMILES string of the molecule is Fc1ccccc1N1CCN(C(=S)Nc2ccc(Br)cc2)CC1. The molecule has 120 valence electrons. The number of nitrogens with one attached hydrogen (secondary N) is 1. The molecule has 23 heavy (non-hydrogen) atoms. The smallest absolute Gasteiger partial charge is 0.173 e. The summed E-state index contributed by atoms with van der Waals surface area (Å²) >= 11 is 8.90. The van der Waals surface area contributed by atoms with Gasteiger partial charge < -0.3 is 15.1 Å². The second-order valence-electron chi connectivity index (χ2n) is 5.36. The van der Waals surface area contributed by atoms with Crippen LogP contribution in [0.2, 0.25) is 0 Å². The van der Waals surface area contributed by atoms with Crippen molar-refractivity contribution in [3.63, 3.8) is 0 Å². The molecule has 6 heteroatoms. The zero-order valence-corrected chi connectivity index (χ0v) is 14.9. The molecule has 0 atom stereocenters. The third-order valence-corrected chi connectivity index (χ3v) is 4.74. The van der Waals surface area contributed by atoms with E-state index < -0.39 is 0 Å². The highest BCUT2D eigenvalue weighted by atomic mass is 79.9. The molecule has 0 amide bonds. The van der Waals surface area contributed by atoms with Crippen LogP contribution in [0.4, 0.5) is 15.8 Å². The lowest BCUT2D eigenvalue weighted by atomic mass is 10.2. The highest BCUT2D eigenvalue weighted by Crippen LogP contribution is 2.20. The number of para-hydroxylation sites is 1. The minimum Gasteiger partial charge on any atom is -0.366 e. The molecule has 1 heterocycles. The van der Waals surface area contributed by atoms with Crippen molar-refractivity contribution >= 4 is 44.6 Å². The first-order chi connectivity index (χ1) is 11.1. The molecule has 0 saturated carbocycles. The fraction of sp³-hybridized carbons (Fsp3) is 0.235. The zero-order valence-electron chi connectivity index (χ0n) is 12.5. The maximum Gasteiger partial charge on any atom is 0.173 e. The highest BCUT2D eigenvalue weighted by Gasteiger charge is 2.20. The minimum absolute atomic E-state index is 0.170. The number of nitrogens with zero attached hydrogens (tertiary/aromatic N) is 2. The van der Waals surface area contributed by atoms with E-state index in [2.05, 4.69) is 31.0 Å². The first kappa shape index (κ1) is 16.2. The van der Waals surface area contributed by atoms with Crippen molar-refractivity contribution in [2.24, 2.45) is 0 Å². The summed E-state index contributed by atoms with van der Waals surface area (Å²) in [7, 11) is 0. The summed E-state index contributed by atoms with van der Waals surface area (Å²) in [5, 5.41) is 3.96. The zero-order chi connectivity index (χ0) is 16.2. The van der Waals surface area contributed by atoms with Crippen LogP contribution >= 0.6 is 28.1 Å². The molecule has 1 saturated heterocycles. The van der Waals surface area contributed by atoms with Crippen molar-refractivity contribution in [1.29, 1.82) is 0 Å². The van der Waals surface area contributed by atoms with Gasteiger partial charge in [-0.3, -0.25) is 0 Å². The molecule has 2 aromatic carbocycles. The standard InChI is InChI=1S/C17H17BrFN3S/c18-13-5-7-14(8-6-13)20-17(23)22-11-9-21(10-12-22)16-4-2-1-3-15(16)19/h1-8H,9-12H2,(H,20,23). The number of anilines is 2. The summed E-state index contributed by atoms with van der Waals surface area (Å²) in [6.45, 7) is 3.06. The van der Waals surface area contributed by atoms with E-state index >= 15 is 0 Å². The van der Waals surface area contributed by atoms with Crippen LogP contribution in [0, 0.1) is 5.82 Å². The molecule has 0 unspecified atom stereocenters. The Morgan fingerprint density at radius 3 is 2.30 bits per heavy atom. The summed E-state index contributed by atoms with van der Waals surface area (Å²) in [6.07, 6.45) is 0. The molecule has 0 bridgehead atoms. The number of halogens is 2. The van der Waals surface area contributed by atoms with E-state index in [9.17, 15) is 4.39 Å². The number of benzene rings is 2. The van der Waals surface area contributed by atoms with Gasteiger partial charge in [0.1, 0.15) is 5.82 Å². The maximum atomic E-state index is 13.9. The van der Waals surface area contributed by atoms with E-state index in [1.165, 1.54) is 6.07 Å². The molecule has 0 spiro atoms. The van der Waals surface area contributed by atoms with Crippen LogP contribution in [0.15, 0.2) is 53.0 Å². The summed E-state index contributed by atoms with van der Waals surface area (Å²) in [6, 6.07) is 14.8. The summed E-state index contributed by atoms with van der Waals surface area (Å²) in [5.41, 5.74) is 1.63. The van der Waals surface area contributed by atoms with Crippen LogP contribution in [0.25, 0.3) is 0 Å². The minimum atomic E-state index is -0.170. The first-order valence-electron chi connectivity index (χ1n) is 7.44. The second kappa shape index (κ2) is 7.27. The van der Waals surface area contributed by atoms with Crippen LogP contribution in [0.3, 0.4) is 0 Å². The number of thiocarbonyl (C=S) groups is 1. The molecule has 1 aliphatic rings. The molecule has 1 fully saturated rings. The van der Waals surface area contributed by atoms with Gasteiger partial charge in [0.05, 0.1) is 5.69 Å². The molecule has 3 nitrogen and oxygen atoms in total. The number of hydrogen-bond acceptors (Lipinski definition) is 2. The van der Waals surface area contributed by atoms with Crippen LogP contribution in [-0.2, 0) is 0 Å². The molecular weight excluding hydrogens is 377 g/mol. The van der Waals surface area contributed by atoms with E-state index in [0.29, 0.717) is 10.8 Å². The van der Waals surface area contributed by atoms with Gasteiger partial charge in [-0.15, -0.1) is 0 Å². The number of piperazine rings is 1. The highest BCUT2D eigenvalue weighted by molar-refractivity contribution is 9.10. The molecular formula is C17H17BrFN3S. The lowest BCUT2D eigenvalue weighted by Gasteiger charge is -2.37. The van der Waals surface area contributed by atoms with Gasteiger partial charge in [0.2, 0.25) is 0 Å². The van der Waals surface area contributed by atoms with Gasteiger partial charge in [-0.2, -0.15) is 0 Å². The normalized spacial score (nSPS) is 14.7. The largest absolute Gasteiger partial charge is 0.366 e. The van der Waals surface area contributed by atoms with Crippen LogP contribution in [0.1, 0.15) is 0 Å². The van der Waals surface area contributed by atoms with E-state index in [-0.39, 0.29) is 5.82 Å². The topological polar surface area (TPSA) is 18.5 Å².